The average molecular weight is 286 g/mol. The number of hydrogen-bond acceptors (Lipinski definition) is 5. The van der Waals surface area contributed by atoms with Crippen molar-refractivity contribution in [2.75, 3.05) is 0 Å². The summed E-state index contributed by atoms with van der Waals surface area (Å²) in [4.78, 5) is 22.7. The van der Waals surface area contributed by atoms with E-state index in [4.69, 9.17) is 5.73 Å². The van der Waals surface area contributed by atoms with Crippen LogP contribution in [0.4, 0.5) is 0 Å². The molecule has 0 amide bonds. The SMILES string of the molecule is CCn1c(SC2CCCC(N)(C(=O)O)C2)n[nH]c1=O. The molecule has 1 aromatic heterocycles. The highest BCUT2D eigenvalue weighted by Crippen LogP contribution is 2.36. The molecule has 8 heteroatoms. The maximum Gasteiger partial charge on any atom is 0.343 e. The van der Waals surface area contributed by atoms with Crippen LogP contribution < -0.4 is 11.4 Å². The summed E-state index contributed by atoms with van der Waals surface area (Å²) in [6, 6.07) is 0. The Morgan fingerprint density at radius 3 is 3.11 bits per heavy atom. The van der Waals surface area contributed by atoms with E-state index in [1.54, 1.807) is 0 Å². The van der Waals surface area contributed by atoms with Crippen molar-refractivity contribution < 1.29 is 9.90 Å². The van der Waals surface area contributed by atoms with Gasteiger partial charge in [0.25, 0.3) is 0 Å². The predicted molar refractivity (Wildman–Crippen MR) is 71.2 cm³/mol. The first-order valence-electron chi connectivity index (χ1n) is 6.30. The summed E-state index contributed by atoms with van der Waals surface area (Å²) in [6.07, 6.45) is 2.57. The monoisotopic (exact) mass is 286 g/mol. The van der Waals surface area contributed by atoms with Crippen molar-refractivity contribution in [3.63, 3.8) is 0 Å². The number of nitrogens with one attached hydrogen (secondary N) is 1. The lowest BCUT2D eigenvalue weighted by Gasteiger charge is -2.33. The highest BCUT2D eigenvalue weighted by atomic mass is 32.2. The number of thioether (sulfide) groups is 1. The van der Waals surface area contributed by atoms with E-state index in [2.05, 4.69) is 10.2 Å². The first-order valence-corrected chi connectivity index (χ1v) is 7.18. The summed E-state index contributed by atoms with van der Waals surface area (Å²) in [5.41, 5.74) is 4.52. The number of aliphatic carboxylic acids is 1. The Morgan fingerprint density at radius 2 is 2.47 bits per heavy atom. The molecular formula is C11H18N4O3S. The number of aromatic nitrogens is 3. The van der Waals surface area contributed by atoms with E-state index in [1.165, 1.54) is 16.3 Å². The van der Waals surface area contributed by atoms with Crippen molar-refractivity contribution in [3.05, 3.63) is 10.5 Å². The molecule has 1 aromatic rings. The van der Waals surface area contributed by atoms with E-state index in [1.807, 2.05) is 6.92 Å². The molecule has 0 bridgehead atoms. The first-order chi connectivity index (χ1) is 8.96. The van der Waals surface area contributed by atoms with Crippen LogP contribution in [0.2, 0.25) is 0 Å². The van der Waals surface area contributed by atoms with Gasteiger partial charge in [0.05, 0.1) is 0 Å². The van der Waals surface area contributed by atoms with Gasteiger partial charge in [0.2, 0.25) is 0 Å². The van der Waals surface area contributed by atoms with Crippen LogP contribution in [0.5, 0.6) is 0 Å². The number of carboxylic acid groups (broad SMARTS) is 1. The summed E-state index contributed by atoms with van der Waals surface area (Å²) in [5.74, 6) is -0.951. The molecular weight excluding hydrogens is 268 g/mol. The molecule has 0 spiro atoms. The molecule has 0 aliphatic heterocycles. The number of H-pyrrole nitrogens is 1. The molecule has 1 aliphatic carbocycles. The van der Waals surface area contributed by atoms with Gasteiger partial charge in [-0.3, -0.25) is 9.36 Å². The number of rotatable bonds is 4. The third-order valence-electron chi connectivity index (χ3n) is 3.48. The number of nitrogens with zero attached hydrogens (tertiary/aromatic N) is 2. The van der Waals surface area contributed by atoms with Gasteiger partial charge in [0.15, 0.2) is 5.16 Å². The van der Waals surface area contributed by atoms with Gasteiger partial charge < -0.3 is 10.8 Å². The van der Waals surface area contributed by atoms with Gasteiger partial charge in [-0.05, 0) is 32.6 Å². The molecule has 1 saturated carbocycles. The van der Waals surface area contributed by atoms with Crippen molar-refractivity contribution >= 4 is 17.7 Å². The lowest BCUT2D eigenvalue weighted by Crippen LogP contribution is -2.51. The zero-order chi connectivity index (χ0) is 14.0. The third kappa shape index (κ3) is 2.84. The van der Waals surface area contributed by atoms with Crippen LogP contribution in [-0.4, -0.2) is 36.6 Å². The summed E-state index contributed by atoms with van der Waals surface area (Å²) in [6.45, 7) is 2.41. The Bertz CT molecular complexity index is 526. The fraction of sp³-hybridized carbons (Fsp3) is 0.727. The summed E-state index contributed by atoms with van der Waals surface area (Å²) in [5, 5.41) is 16.2. The van der Waals surface area contributed by atoms with Crippen molar-refractivity contribution in [1.82, 2.24) is 14.8 Å². The molecule has 1 heterocycles. The molecule has 106 valence electrons. The van der Waals surface area contributed by atoms with E-state index in [0.717, 1.165) is 12.8 Å². The van der Waals surface area contributed by atoms with Crippen LogP contribution in [0.3, 0.4) is 0 Å². The maximum absolute atomic E-state index is 11.5. The molecule has 0 radical (unpaired) electrons. The van der Waals surface area contributed by atoms with Crippen LogP contribution >= 0.6 is 11.8 Å². The lowest BCUT2D eigenvalue weighted by molar-refractivity contribution is -0.144. The highest BCUT2D eigenvalue weighted by molar-refractivity contribution is 7.99. The number of nitrogens with two attached hydrogens (primary N) is 1. The van der Waals surface area contributed by atoms with Crippen LogP contribution in [-0.2, 0) is 11.3 Å². The number of aromatic amines is 1. The Labute approximate surface area is 114 Å². The van der Waals surface area contributed by atoms with Gasteiger partial charge in [-0.15, -0.1) is 5.10 Å². The fourth-order valence-electron chi connectivity index (χ4n) is 2.37. The van der Waals surface area contributed by atoms with Gasteiger partial charge in [0.1, 0.15) is 5.54 Å². The van der Waals surface area contributed by atoms with Crippen molar-refractivity contribution in [2.24, 2.45) is 5.73 Å². The van der Waals surface area contributed by atoms with Crippen LogP contribution in [0.25, 0.3) is 0 Å². The zero-order valence-corrected chi connectivity index (χ0v) is 11.6. The predicted octanol–water partition coefficient (Wildman–Crippen LogP) is 0.408. The molecule has 0 aromatic carbocycles. The maximum atomic E-state index is 11.5. The second kappa shape index (κ2) is 5.38. The zero-order valence-electron chi connectivity index (χ0n) is 10.8. The highest BCUT2D eigenvalue weighted by Gasteiger charge is 2.40. The summed E-state index contributed by atoms with van der Waals surface area (Å²) in [7, 11) is 0. The molecule has 1 fully saturated rings. The van der Waals surface area contributed by atoms with E-state index in [9.17, 15) is 14.7 Å². The van der Waals surface area contributed by atoms with E-state index >= 15 is 0 Å². The molecule has 4 N–H and O–H groups in total. The van der Waals surface area contributed by atoms with E-state index in [-0.39, 0.29) is 10.9 Å². The molecule has 2 atom stereocenters. The smallest absolute Gasteiger partial charge is 0.343 e. The largest absolute Gasteiger partial charge is 0.480 e. The molecule has 7 nitrogen and oxygen atoms in total. The normalized spacial score (nSPS) is 27.4. The van der Waals surface area contributed by atoms with Gasteiger partial charge in [0, 0.05) is 11.8 Å². The Hall–Kier alpha value is -1.28. The topological polar surface area (TPSA) is 114 Å². The van der Waals surface area contributed by atoms with E-state index < -0.39 is 11.5 Å². The van der Waals surface area contributed by atoms with E-state index in [0.29, 0.717) is 24.5 Å². The molecule has 19 heavy (non-hydrogen) atoms. The Morgan fingerprint density at radius 1 is 1.74 bits per heavy atom. The van der Waals surface area contributed by atoms with Crippen molar-refractivity contribution in [3.8, 4) is 0 Å². The Kier molecular flexibility index (Phi) is 4.00. The minimum absolute atomic E-state index is 0.0790. The second-order valence-corrected chi connectivity index (χ2v) is 6.12. The number of carbonyl (C=O) groups is 1. The Balaban J connectivity index is 2.11. The second-order valence-electron chi connectivity index (χ2n) is 4.85. The fourth-order valence-corrected chi connectivity index (χ4v) is 3.77. The molecule has 1 aliphatic rings. The van der Waals surface area contributed by atoms with Gasteiger partial charge in [-0.2, -0.15) is 0 Å². The number of hydrogen-bond donors (Lipinski definition) is 3. The minimum Gasteiger partial charge on any atom is -0.480 e. The first kappa shape index (κ1) is 14.1. The van der Waals surface area contributed by atoms with Gasteiger partial charge in [-0.1, -0.05) is 11.8 Å². The summed E-state index contributed by atoms with van der Waals surface area (Å²) < 4.78 is 1.54. The summed E-state index contributed by atoms with van der Waals surface area (Å²) >= 11 is 1.43. The van der Waals surface area contributed by atoms with Crippen molar-refractivity contribution in [2.45, 2.75) is 55.1 Å². The van der Waals surface area contributed by atoms with Gasteiger partial charge in [-0.25, -0.2) is 9.89 Å². The van der Waals surface area contributed by atoms with Crippen LogP contribution in [0.15, 0.2) is 9.95 Å². The quantitative estimate of drug-likeness (QED) is 0.738. The molecule has 0 saturated heterocycles. The average Bonchev–Trinajstić information content (AvgIpc) is 2.70. The van der Waals surface area contributed by atoms with Gasteiger partial charge >= 0.3 is 11.7 Å². The van der Waals surface area contributed by atoms with Crippen LogP contribution in [0.1, 0.15) is 32.6 Å². The standard InChI is InChI=1S/C11H18N4O3S/c1-2-15-9(18)13-14-10(15)19-7-4-3-5-11(12,6-7)8(16)17/h7H,2-6,12H2,1H3,(H,13,18)(H,16,17). The third-order valence-corrected chi connectivity index (χ3v) is 4.74. The number of carboxylic acids is 1. The van der Waals surface area contributed by atoms with Crippen LogP contribution in [0, 0.1) is 0 Å². The van der Waals surface area contributed by atoms with Crippen molar-refractivity contribution in [1.29, 1.82) is 0 Å². The lowest BCUT2D eigenvalue weighted by atomic mass is 9.82. The minimum atomic E-state index is -1.15. The molecule has 2 rings (SSSR count). The molecule has 2 unspecified atom stereocenters.